The lowest BCUT2D eigenvalue weighted by Gasteiger charge is -2.55. The molecule has 4 heterocycles. The summed E-state index contributed by atoms with van der Waals surface area (Å²) in [6.45, 7) is 0. The van der Waals surface area contributed by atoms with Crippen molar-refractivity contribution in [3.05, 3.63) is 63.3 Å². The Morgan fingerprint density at radius 1 is 0.750 bits per heavy atom. The average Bonchev–Trinajstić information content (AvgIpc) is 2.88. The number of piperidine rings is 2. The van der Waals surface area contributed by atoms with Crippen molar-refractivity contribution in [1.82, 2.24) is 19.4 Å². The van der Waals surface area contributed by atoms with E-state index in [4.69, 9.17) is 4.98 Å². The highest BCUT2D eigenvalue weighted by Crippen LogP contribution is 2.47. The van der Waals surface area contributed by atoms with Crippen LogP contribution >= 0.6 is 0 Å². The average molecular weight is 485 g/mol. The van der Waals surface area contributed by atoms with Crippen molar-refractivity contribution in [3.63, 3.8) is 0 Å². The van der Waals surface area contributed by atoms with E-state index in [1.807, 2.05) is 24.3 Å². The van der Waals surface area contributed by atoms with Gasteiger partial charge in [-0.3, -0.25) is 14.5 Å². The molecule has 2 aliphatic heterocycles. The van der Waals surface area contributed by atoms with E-state index in [0.717, 1.165) is 41.8 Å². The van der Waals surface area contributed by atoms with Crippen molar-refractivity contribution in [3.8, 4) is 11.3 Å². The van der Waals surface area contributed by atoms with Crippen molar-refractivity contribution in [2.75, 3.05) is 0 Å². The number of nitrogens with one attached hydrogen (secondary N) is 1. The smallest absolute Gasteiger partial charge is 0.277 e. The van der Waals surface area contributed by atoms with Crippen LogP contribution in [0.25, 0.3) is 22.3 Å². The molecule has 2 aliphatic carbocycles. The largest absolute Gasteiger partial charge is 0.328 e. The monoisotopic (exact) mass is 484 g/mol. The molecule has 36 heavy (non-hydrogen) atoms. The Kier molecular flexibility index (Phi) is 5.61. The van der Waals surface area contributed by atoms with E-state index in [2.05, 4.69) is 14.5 Å². The zero-order valence-electron chi connectivity index (χ0n) is 20.9. The van der Waals surface area contributed by atoms with Gasteiger partial charge in [0.15, 0.2) is 0 Å². The molecule has 2 aromatic heterocycles. The summed E-state index contributed by atoms with van der Waals surface area (Å²) in [6, 6.07) is 13.3. The zero-order chi connectivity index (χ0) is 24.2. The lowest BCUT2D eigenvalue weighted by atomic mass is 9.68. The quantitative estimate of drug-likeness (QED) is 0.549. The maximum atomic E-state index is 14.0. The van der Waals surface area contributed by atoms with Gasteiger partial charge in [0.1, 0.15) is 5.69 Å². The summed E-state index contributed by atoms with van der Waals surface area (Å²) in [5.41, 5.74) is 2.66. The molecule has 2 saturated carbocycles. The number of fused-ring (bicyclic) bond motifs is 5. The molecule has 3 aromatic rings. The van der Waals surface area contributed by atoms with Gasteiger partial charge in [-0.25, -0.2) is 4.98 Å². The first-order valence-corrected chi connectivity index (χ1v) is 14.1. The van der Waals surface area contributed by atoms with Gasteiger partial charge in [-0.1, -0.05) is 37.8 Å². The number of aromatic nitrogens is 3. The Morgan fingerprint density at radius 2 is 1.47 bits per heavy atom. The first-order chi connectivity index (χ1) is 17.6. The molecule has 0 amide bonds. The molecular formula is C30H36N4O2. The van der Waals surface area contributed by atoms with Crippen LogP contribution < -0.4 is 11.1 Å². The lowest BCUT2D eigenvalue weighted by Crippen LogP contribution is -2.58. The highest BCUT2D eigenvalue weighted by atomic mass is 16.1. The summed E-state index contributed by atoms with van der Waals surface area (Å²) in [5, 5.41) is 0. The Morgan fingerprint density at radius 3 is 2.19 bits per heavy atom. The predicted molar refractivity (Wildman–Crippen MR) is 142 cm³/mol. The summed E-state index contributed by atoms with van der Waals surface area (Å²) < 4.78 is 2.06. The van der Waals surface area contributed by atoms with E-state index < -0.39 is 0 Å². The minimum atomic E-state index is -0.174. The van der Waals surface area contributed by atoms with Crippen LogP contribution in [0, 0.1) is 11.8 Å². The van der Waals surface area contributed by atoms with Crippen molar-refractivity contribution in [2.24, 2.45) is 11.8 Å². The van der Waals surface area contributed by atoms with Gasteiger partial charge in [0.05, 0.1) is 11.0 Å². The minimum absolute atomic E-state index is 0.0375. The molecule has 6 nitrogen and oxygen atoms in total. The number of aromatic amines is 1. The first-order valence-electron chi connectivity index (χ1n) is 14.1. The number of pyridine rings is 1. The standard InChI is InChI=1S/C30H36N4O2/c35-28-12-11-21(18-31-28)29-30(36)34(27-10-2-1-9-26(27)32-29)25-16-22-7-4-8-23(17-25)33(22)24-14-19-5-3-6-20(13-19)15-24/h1-2,9-12,18-20,22-25H,3-8,13-17H2,(H,31,35). The predicted octanol–water partition coefficient (Wildman–Crippen LogP) is 5.28. The van der Waals surface area contributed by atoms with Gasteiger partial charge in [0.25, 0.3) is 5.56 Å². The fraction of sp³-hybridized carbons (Fsp3) is 0.567. The summed E-state index contributed by atoms with van der Waals surface area (Å²) in [4.78, 5) is 36.1. The number of para-hydroxylation sites is 2. The first kappa shape index (κ1) is 22.5. The second kappa shape index (κ2) is 8.98. The van der Waals surface area contributed by atoms with Crippen molar-refractivity contribution in [2.45, 2.75) is 94.8 Å². The molecule has 4 fully saturated rings. The molecule has 7 rings (SSSR count). The minimum Gasteiger partial charge on any atom is -0.328 e. The van der Waals surface area contributed by atoms with Crippen LogP contribution in [-0.2, 0) is 0 Å². The SMILES string of the molecule is O=c1ccc(-c2nc3ccccc3n(C3CC4CCCC(C3)N4C3CC4CCCC(C4)C3)c2=O)c[nH]1. The summed E-state index contributed by atoms with van der Waals surface area (Å²) >= 11 is 0. The third kappa shape index (κ3) is 3.85. The molecular weight excluding hydrogens is 448 g/mol. The van der Waals surface area contributed by atoms with E-state index in [-0.39, 0.29) is 17.2 Å². The van der Waals surface area contributed by atoms with Gasteiger partial charge < -0.3 is 9.55 Å². The topological polar surface area (TPSA) is 71.0 Å². The summed E-state index contributed by atoms with van der Waals surface area (Å²) in [5.74, 6) is 1.88. The molecule has 2 saturated heterocycles. The number of hydrogen-bond acceptors (Lipinski definition) is 4. The highest BCUT2D eigenvalue weighted by Gasteiger charge is 2.45. The number of H-pyrrole nitrogens is 1. The second-order valence-electron chi connectivity index (χ2n) is 11.9. The molecule has 4 atom stereocenters. The van der Waals surface area contributed by atoms with Crippen LogP contribution in [0.15, 0.2) is 52.2 Å². The fourth-order valence-electron chi connectivity index (χ4n) is 8.40. The summed E-state index contributed by atoms with van der Waals surface area (Å²) in [7, 11) is 0. The normalized spacial score (nSPS) is 32.4. The van der Waals surface area contributed by atoms with Crippen molar-refractivity contribution < 1.29 is 0 Å². The van der Waals surface area contributed by atoms with Crippen LogP contribution in [0.3, 0.4) is 0 Å². The Labute approximate surface area is 211 Å². The van der Waals surface area contributed by atoms with E-state index in [9.17, 15) is 9.59 Å². The van der Waals surface area contributed by atoms with Gasteiger partial charge in [-0.05, 0) is 75.0 Å². The molecule has 4 bridgehead atoms. The third-order valence-corrected chi connectivity index (χ3v) is 9.75. The molecule has 188 valence electrons. The van der Waals surface area contributed by atoms with Crippen LogP contribution in [0.2, 0.25) is 0 Å². The number of hydrogen-bond donors (Lipinski definition) is 1. The number of nitrogens with zero attached hydrogens (tertiary/aromatic N) is 3. The van der Waals surface area contributed by atoms with Crippen LogP contribution in [0.5, 0.6) is 0 Å². The van der Waals surface area contributed by atoms with Crippen molar-refractivity contribution in [1.29, 1.82) is 0 Å². The van der Waals surface area contributed by atoms with E-state index in [1.54, 1.807) is 12.3 Å². The molecule has 1 N–H and O–H groups in total. The fourth-order valence-corrected chi connectivity index (χ4v) is 8.40. The third-order valence-electron chi connectivity index (χ3n) is 9.75. The van der Waals surface area contributed by atoms with Crippen LogP contribution in [-0.4, -0.2) is 37.6 Å². The van der Waals surface area contributed by atoms with Gasteiger partial charge in [-0.2, -0.15) is 0 Å². The molecule has 4 unspecified atom stereocenters. The maximum absolute atomic E-state index is 14.0. The van der Waals surface area contributed by atoms with Crippen LogP contribution in [0.1, 0.15) is 76.7 Å². The van der Waals surface area contributed by atoms with Gasteiger partial charge in [0, 0.05) is 42.0 Å². The molecule has 1 aromatic carbocycles. The van der Waals surface area contributed by atoms with E-state index in [0.29, 0.717) is 23.3 Å². The number of rotatable bonds is 3. The number of benzene rings is 1. The highest BCUT2D eigenvalue weighted by molar-refractivity contribution is 5.77. The Balaban J connectivity index is 1.26. The van der Waals surface area contributed by atoms with Gasteiger partial charge in [0.2, 0.25) is 5.56 Å². The summed E-state index contributed by atoms with van der Waals surface area (Å²) in [6.07, 6.45) is 16.1. The van der Waals surface area contributed by atoms with Gasteiger partial charge >= 0.3 is 0 Å². The molecule has 0 radical (unpaired) electrons. The van der Waals surface area contributed by atoms with Gasteiger partial charge in [-0.15, -0.1) is 0 Å². The van der Waals surface area contributed by atoms with E-state index in [1.165, 1.54) is 63.9 Å². The van der Waals surface area contributed by atoms with Crippen molar-refractivity contribution >= 4 is 11.0 Å². The Bertz CT molecular complexity index is 1350. The molecule has 6 heteroatoms. The zero-order valence-corrected chi connectivity index (χ0v) is 20.9. The lowest BCUT2D eigenvalue weighted by molar-refractivity contribution is -0.0485. The molecule has 0 spiro atoms. The molecule has 4 aliphatic rings. The second-order valence-corrected chi connectivity index (χ2v) is 11.9. The maximum Gasteiger partial charge on any atom is 0.277 e. The Hall–Kier alpha value is -2.73. The van der Waals surface area contributed by atoms with Crippen LogP contribution in [0.4, 0.5) is 0 Å². The van der Waals surface area contributed by atoms with E-state index >= 15 is 0 Å².